The Morgan fingerprint density at radius 2 is 2.21 bits per heavy atom. The van der Waals surface area contributed by atoms with Gasteiger partial charge in [0.15, 0.2) is 5.78 Å². The van der Waals surface area contributed by atoms with E-state index in [2.05, 4.69) is 20.4 Å². The second-order valence-electron chi connectivity index (χ2n) is 4.82. The quantitative estimate of drug-likeness (QED) is 0.684. The number of carbonyl (C=O) groups is 1. The Morgan fingerprint density at radius 3 is 2.71 bits per heavy atom. The Balaban J connectivity index is 2.95. The second kappa shape index (κ2) is 3.70. The molecule has 0 bridgehead atoms. The van der Waals surface area contributed by atoms with Crippen LogP contribution in [0, 0.1) is 5.41 Å². The van der Waals surface area contributed by atoms with Crippen LogP contribution in [0.3, 0.4) is 0 Å². The average Bonchev–Trinajstić information content (AvgIpc) is 1.97. The van der Waals surface area contributed by atoms with Gasteiger partial charge in [0.25, 0.3) is 0 Å². The molecule has 0 heterocycles. The zero-order valence-electron chi connectivity index (χ0n) is 9.13. The van der Waals surface area contributed by atoms with Crippen molar-refractivity contribution in [2.24, 2.45) is 5.41 Å². The summed E-state index contributed by atoms with van der Waals surface area (Å²) >= 11 is 0. The lowest BCUT2D eigenvalue weighted by Crippen LogP contribution is -2.23. The number of allylic oxidation sites excluding steroid dienone is 2. The normalized spacial score (nSPS) is 23.3. The third kappa shape index (κ3) is 2.55. The SMILES string of the molecule is C=C1CC(C)(C)C=C(CC(C)O)C1=O. The molecule has 1 rings (SSSR count). The number of rotatable bonds is 2. The highest BCUT2D eigenvalue weighted by atomic mass is 16.3. The van der Waals surface area contributed by atoms with E-state index in [0.29, 0.717) is 17.6 Å². The molecule has 2 heteroatoms. The minimum atomic E-state index is -0.466. The van der Waals surface area contributed by atoms with Crippen molar-refractivity contribution in [3.05, 3.63) is 23.8 Å². The maximum absolute atomic E-state index is 11.7. The van der Waals surface area contributed by atoms with Crippen molar-refractivity contribution < 1.29 is 9.90 Å². The Kier molecular flexibility index (Phi) is 2.95. The molecule has 0 radical (unpaired) electrons. The number of carbonyl (C=O) groups excluding carboxylic acids is 1. The molecule has 0 aromatic rings. The summed E-state index contributed by atoms with van der Waals surface area (Å²) in [6, 6.07) is 0. The van der Waals surface area contributed by atoms with Crippen LogP contribution in [0.1, 0.15) is 33.6 Å². The van der Waals surface area contributed by atoms with Gasteiger partial charge in [-0.05, 0) is 29.9 Å². The smallest absolute Gasteiger partial charge is 0.184 e. The van der Waals surface area contributed by atoms with E-state index in [9.17, 15) is 9.90 Å². The van der Waals surface area contributed by atoms with Crippen LogP contribution in [0.25, 0.3) is 0 Å². The van der Waals surface area contributed by atoms with Crippen LogP contribution < -0.4 is 0 Å². The van der Waals surface area contributed by atoms with Crippen LogP contribution in [0.2, 0.25) is 0 Å². The summed E-state index contributed by atoms with van der Waals surface area (Å²) in [7, 11) is 0. The van der Waals surface area contributed by atoms with Crippen molar-refractivity contribution in [1.29, 1.82) is 0 Å². The van der Waals surface area contributed by atoms with Gasteiger partial charge in [-0.25, -0.2) is 0 Å². The van der Waals surface area contributed by atoms with Crippen LogP contribution in [0.4, 0.5) is 0 Å². The van der Waals surface area contributed by atoms with Gasteiger partial charge in [0.1, 0.15) is 0 Å². The van der Waals surface area contributed by atoms with Gasteiger partial charge in [-0.15, -0.1) is 0 Å². The lowest BCUT2D eigenvalue weighted by Gasteiger charge is -2.28. The predicted octanol–water partition coefficient (Wildman–Crippen LogP) is 2.24. The molecule has 1 N–H and O–H groups in total. The Labute approximate surface area is 85.3 Å². The summed E-state index contributed by atoms with van der Waals surface area (Å²) in [6.07, 6.45) is 2.65. The molecule has 2 nitrogen and oxygen atoms in total. The number of aliphatic hydroxyl groups excluding tert-OH is 1. The topological polar surface area (TPSA) is 37.3 Å². The molecule has 0 aliphatic heterocycles. The van der Waals surface area contributed by atoms with Crippen molar-refractivity contribution in [1.82, 2.24) is 0 Å². The number of ketones is 1. The minimum absolute atomic E-state index is 0.00475. The molecule has 1 aliphatic rings. The highest BCUT2D eigenvalue weighted by molar-refractivity contribution is 6.08. The molecular formula is C12H18O2. The predicted molar refractivity (Wildman–Crippen MR) is 56.9 cm³/mol. The fourth-order valence-corrected chi connectivity index (χ4v) is 1.92. The average molecular weight is 194 g/mol. The summed E-state index contributed by atoms with van der Waals surface area (Å²) in [5, 5.41) is 9.26. The molecule has 0 saturated carbocycles. The van der Waals surface area contributed by atoms with Crippen LogP contribution in [0.5, 0.6) is 0 Å². The van der Waals surface area contributed by atoms with E-state index in [1.807, 2.05) is 6.08 Å². The number of Topliss-reactive ketones (excluding diaryl/α,β-unsaturated/α-hetero) is 1. The Hall–Kier alpha value is -0.890. The van der Waals surface area contributed by atoms with Crippen LogP contribution in [0.15, 0.2) is 23.8 Å². The summed E-state index contributed by atoms with van der Waals surface area (Å²) in [4.78, 5) is 11.7. The first-order valence-corrected chi connectivity index (χ1v) is 4.94. The first-order chi connectivity index (χ1) is 6.32. The van der Waals surface area contributed by atoms with Gasteiger partial charge in [0.2, 0.25) is 0 Å². The molecule has 0 amide bonds. The maximum atomic E-state index is 11.7. The van der Waals surface area contributed by atoms with Crippen molar-refractivity contribution in [2.75, 3.05) is 0 Å². The lowest BCUT2D eigenvalue weighted by molar-refractivity contribution is -0.113. The first-order valence-electron chi connectivity index (χ1n) is 4.94. The van der Waals surface area contributed by atoms with Gasteiger partial charge in [-0.3, -0.25) is 4.79 Å². The minimum Gasteiger partial charge on any atom is -0.393 e. The van der Waals surface area contributed by atoms with Crippen LogP contribution in [-0.4, -0.2) is 17.0 Å². The third-order valence-corrected chi connectivity index (χ3v) is 2.36. The standard InChI is InChI=1S/C12H18O2/c1-8-6-12(3,4)7-10(11(8)14)5-9(2)13/h7,9,13H,1,5-6H2,2-4H3. The molecule has 14 heavy (non-hydrogen) atoms. The third-order valence-electron chi connectivity index (χ3n) is 2.36. The van der Waals surface area contributed by atoms with Crippen molar-refractivity contribution >= 4 is 5.78 Å². The Bertz CT molecular complexity index is 295. The number of hydrogen-bond donors (Lipinski definition) is 1. The fraction of sp³-hybridized carbons (Fsp3) is 0.583. The molecule has 0 fully saturated rings. The van der Waals surface area contributed by atoms with E-state index in [1.54, 1.807) is 6.92 Å². The molecule has 1 unspecified atom stereocenters. The lowest BCUT2D eigenvalue weighted by atomic mass is 9.76. The summed E-state index contributed by atoms with van der Waals surface area (Å²) in [5.74, 6) is 0.0187. The number of aliphatic hydroxyl groups is 1. The fourth-order valence-electron chi connectivity index (χ4n) is 1.92. The van der Waals surface area contributed by atoms with E-state index < -0.39 is 6.10 Å². The highest BCUT2D eigenvalue weighted by Crippen LogP contribution is 2.35. The van der Waals surface area contributed by atoms with Crippen molar-refractivity contribution in [3.63, 3.8) is 0 Å². The van der Waals surface area contributed by atoms with Gasteiger partial charge < -0.3 is 5.11 Å². The molecule has 1 aliphatic carbocycles. The largest absolute Gasteiger partial charge is 0.393 e. The Morgan fingerprint density at radius 1 is 1.64 bits per heavy atom. The van der Waals surface area contributed by atoms with E-state index >= 15 is 0 Å². The van der Waals surface area contributed by atoms with E-state index in [4.69, 9.17) is 0 Å². The van der Waals surface area contributed by atoms with Gasteiger partial charge >= 0.3 is 0 Å². The molecular weight excluding hydrogens is 176 g/mol. The van der Waals surface area contributed by atoms with Crippen molar-refractivity contribution in [2.45, 2.75) is 39.7 Å². The molecule has 1 atom stereocenters. The van der Waals surface area contributed by atoms with Gasteiger partial charge in [0.05, 0.1) is 6.10 Å². The highest BCUT2D eigenvalue weighted by Gasteiger charge is 2.28. The van der Waals surface area contributed by atoms with E-state index in [0.717, 1.165) is 6.42 Å². The molecule has 0 aromatic carbocycles. The molecule has 0 spiro atoms. The zero-order chi connectivity index (χ0) is 10.9. The van der Waals surface area contributed by atoms with Crippen LogP contribution >= 0.6 is 0 Å². The van der Waals surface area contributed by atoms with E-state index in [-0.39, 0.29) is 11.2 Å². The monoisotopic (exact) mass is 194 g/mol. The first kappa shape index (κ1) is 11.2. The van der Waals surface area contributed by atoms with E-state index in [1.165, 1.54) is 0 Å². The van der Waals surface area contributed by atoms with Gasteiger partial charge in [-0.2, -0.15) is 0 Å². The summed E-state index contributed by atoms with van der Waals surface area (Å²) < 4.78 is 0. The summed E-state index contributed by atoms with van der Waals surface area (Å²) in [5.41, 5.74) is 1.37. The van der Waals surface area contributed by atoms with Crippen molar-refractivity contribution in [3.8, 4) is 0 Å². The molecule has 0 aromatic heterocycles. The van der Waals surface area contributed by atoms with Gasteiger partial charge in [-0.1, -0.05) is 26.5 Å². The second-order valence-corrected chi connectivity index (χ2v) is 4.82. The zero-order valence-corrected chi connectivity index (χ0v) is 9.13. The maximum Gasteiger partial charge on any atom is 0.184 e. The number of hydrogen-bond acceptors (Lipinski definition) is 2. The molecule has 0 saturated heterocycles. The van der Waals surface area contributed by atoms with Gasteiger partial charge in [0, 0.05) is 6.42 Å². The summed E-state index contributed by atoms with van der Waals surface area (Å²) in [6.45, 7) is 9.62. The molecule has 78 valence electrons. The van der Waals surface area contributed by atoms with Crippen LogP contribution in [-0.2, 0) is 4.79 Å².